The lowest BCUT2D eigenvalue weighted by Gasteiger charge is -2.43. The van der Waals surface area contributed by atoms with Crippen molar-refractivity contribution in [1.29, 1.82) is 0 Å². The average molecular weight is 183 g/mol. The molecule has 1 spiro atoms. The van der Waals surface area contributed by atoms with Gasteiger partial charge in [-0.2, -0.15) is 0 Å². The van der Waals surface area contributed by atoms with Gasteiger partial charge in [0.15, 0.2) is 0 Å². The lowest BCUT2D eigenvalue weighted by molar-refractivity contribution is -0.0404. The van der Waals surface area contributed by atoms with Crippen LogP contribution in [0.1, 0.15) is 39.5 Å². The van der Waals surface area contributed by atoms with Crippen molar-refractivity contribution in [2.24, 2.45) is 0 Å². The minimum Gasteiger partial charge on any atom is -0.380 e. The lowest BCUT2D eigenvalue weighted by atomic mass is 9.89. The lowest BCUT2D eigenvalue weighted by Crippen LogP contribution is -2.52. The zero-order valence-electron chi connectivity index (χ0n) is 8.88. The van der Waals surface area contributed by atoms with Crippen molar-refractivity contribution in [2.45, 2.75) is 51.1 Å². The Kier molecular flexibility index (Phi) is 2.61. The number of rotatable bonds is 1. The van der Waals surface area contributed by atoms with Gasteiger partial charge in [-0.05, 0) is 46.1 Å². The summed E-state index contributed by atoms with van der Waals surface area (Å²) in [5, 5.41) is 0. The molecule has 0 bridgehead atoms. The maximum Gasteiger partial charge on any atom is 0.0650 e. The van der Waals surface area contributed by atoms with Crippen molar-refractivity contribution < 1.29 is 4.74 Å². The molecular weight excluding hydrogens is 162 g/mol. The van der Waals surface area contributed by atoms with Crippen molar-refractivity contribution in [2.75, 3.05) is 19.8 Å². The first-order valence-electron chi connectivity index (χ1n) is 5.59. The Morgan fingerprint density at radius 2 is 2.00 bits per heavy atom. The molecule has 2 heterocycles. The van der Waals surface area contributed by atoms with Crippen LogP contribution in [0.4, 0.5) is 0 Å². The van der Waals surface area contributed by atoms with Crippen LogP contribution < -0.4 is 0 Å². The van der Waals surface area contributed by atoms with Crippen molar-refractivity contribution in [1.82, 2.24) is 4.90 Å². The van der Waals surface area contributed by atoms with Gasteiger partial charge in [-0.15, -0.1) is 0 Å². The summed E-state index contributed by atoms with van der Waals surface area (Å²) >= 11 is 0. The fourth-order valence-corrected chi connectivity index (χ4v) is 3.03. The van der Waals surface area contributed by atoms with Gasteiger partial charge < -0.3 is 4.74 Å². The quantitative estimate of drug-likeness (QED) is 0.617. The predicted molar refractivity (Wildman–Crippen MR) is 53.9 cm³/mol. The third-order valence-corrected chi connectivity index (χ3v) is 3.58. The summed E-state index contributed by atoms with van der Waals surface area (Å²) in [5.41, 5.74) is 0.423. The highest BCUT2D eigenvalue weighted by Gasteiger charge is 2.43. The molecule has 2 nitrogen and oxygen atoms in total. The van der Waals surface area contributed by atoms with E-state index in [-0.39, 0.29) is 0 Å². The van der Waals surface area contributed by atoms with E-state index in [4.69, 9.17) is 4.74 Å². The van der Waals surface area contributed by atoms with E-state index in [1.54, 1.807) is 0 Å². The highest BCUT2D eigenvalue weighted by molar-refractivity contribution is 4.98. The van der Waals surface area contributed by atoms with Crippen LogP contribution in [0, 0.1) is 0 Å². The normalized spacial score (nSPS) is 36.2. The highest BCUT2D eigenvalue weighted by atomic mass is 16.5. The van der Waals surface area contributed by atoms with Gasteiger partial charge in [0.1, 0.15) is 0 Å². The minimum absolute atomic E-state index is 0.423. The van der Waals surface area contributed by atoms with E-state index in [1.165, 1.54) is 32.2 Å². The predicted octanol–water partition coefficient (Wildman–Crippen LogP) is 2.04. The summed E-state index contributed by atoms with van der Waals surface area (Å²) in [5.74, 6) is 0. The number of nitrogens with zero attached hydrogens (tertiary/aromatic N) is 1. The standard InChI is InChI=1S/C11H21NO/c1-10(2)12-7-3-5-11(12)6-4-8-13-9-11/h10H,3-9H2,1-2H3. The summed E-state index contributed by atoms with van der Waals surface area (Å²) in [7, 11) is 0. The Hall–Kier alpha value is -0.0800. The Morgan fingerprint density at radius 1 is 1.23 bits per heavy atom. The number of hydrogen-bond donors (Lipinski definition) is 0. The molecule has 2 rings (SSSR count). The van der Waals surface area contributed by atoms with Gasteiger partial charge in [-0.25, -0.2) is 0 Å². The van der Waals surface area contributed by atoms with E-state index in [9.17, 15) is 0 Å². The van der Waals surface area contributed by atoms with Gasteiger partial charge in [0.2, 0.25) is 0 Å². The van der Waals surface area contributed by atoms with Crippen LogP contribution in [0.5, 0.6) is 0 Å². The van der Waals surface area contributed by atoms with Gasteiger partial charge in [0.25, 0.3) is 0 Å². The molecule has 1 unspecified atom stereocenters. The second-order valence-corrected chi connectivity index (χ2v) is 4.77. The monoisotopic (exact) mass is 183 g/mol. The van der Waals surface area contributed by atoms with E-state index in [0.717, 1.165) is 13.2 Å². The number of ether oxygens (including phenoxy) is 1. The third kappa shape index (κ3) is 1.62. The SMILES string of the molecule is CC(C)N1CCCC12CCCOC2. The molecule has 2 heteroatoms. The summed E-state index contributed by atoms with van der Waals surface area (Å²) in [6.45, 7) is 7.85. The van der Waals surface area contributed by atoms with Crippen molar-refractivity contribution in [3.8, 4) is 0 Å². The van der Waals surface area contributed by atoms with Gasteiger partial charge >= 0.3 is 0 Å². The molecule has 0 aliphatic carbocycles. The maximum atomic E-state index is 5.65. The Morgan fingerprint density at radius 3 is 2.62 bits per heavy atom. The summed E-state index contributed by atoms with van der Waals surface area (Å²) in [6.07, 6.45) is 5.32. The van der Waals surface area contributed by atoms with Gasteiger partial charge in [0.05, 0.1) is 6.61 Å². The van der Waals surface area contributed by atoms with Crippen LogP contribution in [-0.4, -0.2) is 36.2 Å². The van der Waals surface area contributed by atoms with Crippen LogP contribution in [0.3, 0.4) is 0 Å². The first-order valence-corrected chi connectivity index (χ1v) is 5.59. The molecule has 0 N–H and O–H groups in total. The Labute approximate surface area is 81.3 Å². The molecule has 2 aliphatic heterocycles. The van der Waals surface area contributed by atoms with E-state index in [0.29, 0.717) is 11.6 Å². The molecule has 2 saturated heterocycles. The van der Waals surface area contributed by atoms with Crippen LogP contribution in [0.25, 0.3) is 0 Å². The van der Waals surface area contributed by atoms with Crippen LogP contribution >= 0.6 is 0 Å². The molecule has 0 aromatic heterocycles. The van der Waals surface area contributed by atoms with E-state index >= 15 is 0 Å². The second kappa shape index (κ2) is 3.58. The molecular formula is C11H21NO. The fourth-order valence-electron chi connectivity index (χ4n) is 3.03. The van der Waals surface area contributed by atoms with Crippen LogP contribution in [0.15, 0.2) is 0 Å². The molecule has 0 saturated carbocycles. The fraction of sp³-hybridized carbons (Fsp3) is 1.00. The topological polar surface area (TPSA) is 12.5 Å². The summed E-state index contributed by atoms with van der Waals surface area (Å²) < 4.78 is 5.65. The van der Waals surface area contributed by atoms with Crippen LogP contribution in [-0.2, 0) is 4.74 Å². The van der Waals surface area contributed by atoms with Crippen molar-refractivity contribution in [3.63, 3.8) is 0 Å². The van der Waals surface area contributed by atoms with Crippen molar-refractivity contribution >= 4 is 0 Å². The molecule has 0 aromatic carbocycles. The summed E-state index contributed by atoms with van der Waals surface area (Å²) in [4.78, 5) is 2.66. The smallest absolute Gasteiger partial charge is 0.0650 e. The van der Waals surface area contributed by atoms with Gasteiger partial charge in [0, 0.05) is 18.2 Å². The first-order chi connectivity index (χ1) is 6.25. The van der Waals surface area contributed by atoms with Crippen molar-refractivity contribution in [3.05, 3.63) is 0 Å². The molecule has 76 valence electrons. The average Bonchev–Trinajstić information content (AvgIpc) is 2.50. The largest absolute Gasteiger partial charge is 0.380 e. The van der Waals surface area contributed by atoms with Gasteiger partial charge in [-0.3, -0.25) is 4.90 Å². The minimum atomic E-state index is 0.423. The van der Waals surface area contributed by atoms with E-state index in [1.807, 2.05) is 0 Å². The molecule has 0 amide bonds. The molecule has 1 atom stereocenters. The first kappa shape index (κ1) is 9.47. The summed E-state index contributed by atoms with van der Waals surface area (Å²) in [6, 6.07) is 0.684. The van der Waals surface area contributed by atoms with Crippen LogP contribution in [0.2, 0.25) is 0 Å². The molecule has 2 fully saturated rings. The zero-order chi connectivity index (χ0) is 9.31. The second-order valence-electron chi connectivity index (χ2n) is 4.77. The maximum absolute atomic E-state index is 5.65. The molecule has 0 radical (unpaired) electrons. The molecule has 13 heavy (non-hydrogen) atoms. The number of hydrogen-bond acceptors (Lipinski definition) is 2. The van der Waals surface area contributed by atoms with Gasteiger partial charge in [-0.1, -0.05) is 0 Å². The Bertz CT molecular complexity index is 173. The zero-order valence-corrected chi connectivity index (χ0v) is 8.88. The molecule has 0 aromatic rings. The third-order valence-electron chi connectivity index (χ3n) is 3.58. The molecule has 2 aliphatic rings. The Balaban J connectivity index is 2.09. The van der Waals surface area contributed by atoms with E-state index in [2.05, 4.69) is 18.7 Å². The van der Waals surface area contributed by atoms with E-state index < -0.39 is 0 Å². The number of likely N-dealkylation sites (tertiary alicyclic amines) is 1. The highest BCUT2D eigenvalue weighted by Crippen LogP contribution is 2.37.